The zero-order valence-electron chi connectivity index (χ0n) is 36.8. The van der Waals surface area contributed by atoms with Crippen molar-refractivity contribution in [2.75, 3.05) is 4.90 Å². The summed E-state index contributed by atoms with van der Waals surface area (Å²) in [4.78, 5) is 2.48. The van der Waals surface area contributed by atoms with E-state index in [-0.39, 0.29) is 10.8 Å². The Morgan fingerprint density at radius 3 is 1.71 bits per heavy atom. The maximum Gasteiger partial charge on any atom is 0.160 e. The molecule has 2 aliphatic rings. The monoisotopic (exact) mass is 811 g/mol. The molecule has 9 aromatic carbocycles. The van der Waals surface area contributed by atoms with Gasteiger partial charge in [-0.1, -0.05) is 199 Å². The summed E-state index contributed by atoms with van der Waals surface area (Å²) in [5.74, 6) is 0. The Labute approximate surface area is 370 Å². The van der Waals surface area contributed by atoms with E-state index in [1.165, 1.54) is 77.5 Å². The highest BCUT2D eigenvalue weighted by atomic mass is 16.3. The van der Waals surface area contributed by atoms with Gasteiger partial charge in [-0.3, -0.25) is 0 Å². The minimum atomic E-state index is -0.532. The van der Waals surface area contributed by atoms with E-state index in [9.17, 15) is 0 Å². The van der Waals surface area contributed by atoms with Gasteiger partial charge in [0.2, 0.25) is 0 Å². The van der Waals surface area contributed by atoms with E-state index in [0.29, 0.717) is 0 Å². The fourth-order valence-corrected chi connectivity index (χ4v) is 10.9. The summed E-state index contributed by atoms with van der Waals surface area (Å²) >= 11 is 0. The first-order chi connectivity index (χ1) is 30.5. The normalized spacial score (nSPS) is 13.7. The molecule has 0 fully saturated rings. The Morgan fingerprint density at radius 1 is 0.429 bits per heavy atom. The first-order valence-corrected chi connectivity index (χ1v) is 22.3. The van der Waals surface area contributed by atoms with Crippen molar-refractivity contribution in [2.45, 2.75) is 57.8 Å². The Bertz CT molecular complexity index is 3400. The highest BCUT2D eigenvalue weighted by Gasteiger charge is 2.53. The minimum absolute atomic E-state index is 0.0267. The lowest BCUT2D eigenvalue weighted by Gasteiger charge is -2.33. The van der Waals surface area contributed by atoms with Crippen LogP contribution >= 0.6 is 0 Å². The largest absolute Gasteiger partial charge is 0.454 e. The molecule has 0 bridgehead atoms. The van der Waals surface area contributed by atoms with Crippen LogP contribution in [-0.4, -0.2) is 0 Å². The smallest absolute Gasteiger partial charge is 0.160 e. The highest BCUT2D eigenvalue weighted by molar-refractivity contribution is 6.23. The molecular weight excluding hydrogens is 763 g/mol. The lowest BCUT2D eigenvalue weighted by atomic mass is 9.69. The zero-order valence-corrected chi connectivity index (χ0v) is 36.8. The quantitative estimate of drug-likeness (QED) is 0.176. The van der Waals surface area contributed by atoms with Crippen molar-refractivity contribution in [1.82, 2.24) is 0 Å². The third-order valence-electron chi connectivity index (χ3n) is 14.0. The molecule has 63 heavy (non-hydrogen) atoms. The number of rotatable bonds is 4. The van der Waals surface area contributed by atoms with Crippen LogP contribution in [0, 0.1) is 0 Å². The van der Waals surface area contributed by atoms with Crippen molar-refractivity contribution in [3.8, 4) is 33.4 Å². The second kappa shape index (κ2) is 13.4. The molecular formula is C61H49NO. The molecule has 2 aliphatic carbocycles. The standard InChI is InChI=1S/C61H49NO/c1-59(2,3)41-29-33-45-46-34-30-42(60(4,5)6)37-52(46)61(51(45)36-41)49-23-14-12-21-47(49)57-50(61)24-16-25-53(57)62(43-31-27-39(28-32-43)38-17-8-7-9-18-38)54-35-40-19-10-11-20-44(40)56-48-22-13-15-26-55(48)63-58(54)56/h7-37H,1-6H3. The summed E-state index contributed by atoms with van der Waals surface area (Å²) < 4.78 is 7.03. The van der Waals surface area contributed by atoms with Gasteiger partial charge in [0, 0.05) is 22.0 Å². The molecule has 1 spiro atoms. The van der Waals surface area contributed by atoms with Gasteiger partial charge in [0.25, 0.3) is 0 Å². The molecule has 2 heteroatoms. The Hall–Kier alpha value is -7.16. The van der Waals surface area contributed by atoms with Crippen LogP contribution in [0.5, 0.6) is 0 Å². The molecule has 0 radical (unpaired) electrons. The van der Waals surface area contributed by atoms with Gasteiger partial charge in [0.05, 0.1) is 16.8 Å². The Morgan fingerprint density at radius 2 is 1.02 bits per heavy atom. The van der Waals surface area contributed by atoms with Crippen LogP contribution in [-0.2, 0) is 16.2 Å². The fraction of sp³-hybridized carbons (Fsp3) is 0.148. The number of nitrogens with zero attached hydrogens (tertiary/aromatic N) is 1. The number of para-hydroxylation sites is 1. The van der Waals surface area contributed by atoms with Crippen molar-refractivity contribution in [3.05, 3.63) is 221 Å². The first kappa shape index (κ1) is 37.6. The van der Waals surface area contributed by atoms with E-state index in [1.54, 1.807) is 0 Å². The molecule has 0 saturated heterocycles. The lowest BCUT2D eigenvalue weighted by molar-refractivity contribution is 0.586. The molecule has 0 atom stereocenters. The topological polar surface area (TPSA) is 16.4 Å². The van der Waals surface area contributed by atoms with Gasteiger partial charge in [-0.15, -0.1) is 0 Å². The molecule has 0 N–H and O–H groups in total. The highest BCUT2D eigenvalue weighted by Crippen LogP contribution is 2.65. The second-order valence-electron chi connectivity index (χ2n) is 19.7. The van der Waals surface area contributed by atoms with Gasteiger partial charge in [-0.25, -0.2) is 0 Å². The predicted molar refractivity (Wildman–Crippen MR) is 265 cm³/mol. The van der Waals surface area contributed by atoms with Crippen molar-refractivity contribution >= 4 is 49.8 Å². The number of hydrogen-bond acceptors (Lipinski definition) is 2. The molecule has 10 aromatic rings. The number of furan rings is 1. The van der Waals surface area contributed by atoms with Gasteiger partial charge in [0.1, 0.15) is 5.58 Å². The number of benzene rings is 9. The summed E-state index contributed by atoms with van der Waals surface area (Å²) in [6.45, 7) is 14.0. The molecule has 1 heterocycles. The molecule has 0 saturated carbocycles. The van der Waals surface area contributed by atoms with E-state index >= 15 is 0 Å². The van der Waals surface area contributed by atoms with Gasteiger partial charge >= 0.3 is 0 Å². The summed E-state index contributed by atoms with van der Waals surface area (Å²) in [6, 6.07) is 70.2. The van der Waals surface area contributed by atoms with Crippen LogP contribution in [0.25, 0.3) is 66.1 Å². The molecule has 0 amide bonds. The van der Waals surface area contributed by atoms with E-state index in [2.05, 4.69) is 234 Å². The van der Waals surface area contributed by atoms with Crippen LogP contribution in [0.4, 0.5) is 17.1 Å². The SMILES string of the molecule is CC(C)(C)c1ccc2c(c1)C1(c3cc(C(C)(C)C)ccc3-2)c2ccccc2-c2c(N(c3ccc(-c4ccccc4)cc3)c3cc4ccccc4c4c3oc3ccccc34)cccc21. The average Bonchev–Trinajstić information content (AvgIpc) is 3.94. The predicted octanol–water partition coefficient (Wildman–Crippen LogP) is 16.8. The van der Waals surface area contributed by atoms with Gasteiger partial charge in [-0.2, -0.15) is 0 Å². The third kappa shape index (κ3) is 5.44. The molecule has 1 aromatic heterocycles. The molecule has 0 aliphatic heterocycles. The summed E-state index contributed by atoms with van der Waals surface area (Å²) in [6.07, 6.45) is 0. The maximum atomic E-state index is 7.03. The molecule has 304 valence electrons. The van der Waals surface area contributed by atoms with Gasteiger partial charge in [-0.05, 0) is 113 Å². The van der Waals surface area contributed by atoms with Crippen LogP contribution in [0.2, 0.25) is 0 Å². The summed E-state index contributed by atoms with van der Waals surface area (Å²) in [5, 5.41) is 4.62. The van der Waals surface area contributed by atoms with Crippen LogP contribution < -0.4 is 4.90 Å². The lowest BCUT2D eigenvalue weighted by Crippen LogP contribution is -2.27. The van der Waals surface area contributed by atoms with E-state index in [4.69, 9.17) is 4.42 Å². The van der Waals surface area contributed by atoms with Crippen molar-refractivity contribution in [3.63, 3.8) is 0 Å². The van der Waals surface area contributed by atoms with E-state index in [0.717, 1.165) is 39.0 Å². The van der Waals surface area contributed by atoms with E-state index < -0.39 is 5.41 Å². The maximum absolute atomic E-state index is 7.03. The third-order valence-corrected chi connectivity index (χ3v) is 14.0. The number of fused-ring (bicyclic) bond motifs is 15. The second-order valence-corrected chi connectivity index (χ2v) is 19.7. The molecule has 12 rings (SSSR count). The summed E-state index contributed by atoms with van der Waals surface area (Å²) in [5.41, 5.74) is 19.9. The van der Waals surface area contributed by atoms with Crippen LogP contribution in [0.1, 0.15) is 74.9 Å². The number of hydrogen-bond donors (Lipinski definition) is 0. The van der Waals surface area contributed by atoms with Crippen LogP contribution in [0.15, 0.2) is 192 Å². The van der Waals surface area contributed by atoms with Crippen LogP contribution in [0.3, 0.4) is 0 Å². The minimum Gasteiger partial charge on any atom is -0.454 e. The van der Waals surface area contributed by atoms with Gasteiger partial charge in [0.15, 0.2) is 5.58 Å². The molecule has 2 nitrogen and oxygen atoms in total. The average molecular weight is 812 g/mol. The van der Waals surface area contributed by atoms with Crippen molar-refractivity contribution in [1.29, 1.82) is 0 Å². The van der Waals surface area contributed by atoms with E-state index in [1.807, 2.05) is 0 Å². The number of anilines is 3. The van der Waals surface area contributed by atoms with Gasteiger partial charge < -0.3 is 9.32 Å². The van der Waals surface area contributed by atoms with Crippen molar-refractivity contribution in [2.24, 2.45) is 0 Å². The first-order valence-electron chi connectivity index (χ1n) is 22.3. The zero-order chi connectivity index (χ0) is 42.8. The van der Waals surface area contributed by atoms with Crippen molar-refractivity contribution < 1.29 is 4.42 Å². The Balaban J connectivity index is 1.20. The Kier molecular flexibility index (Phi) is 8.01. The summed E-state index contributed by atoms with van der Waals surface area (Å²) in [7, 11) is 0. The fourth-order valence-electron chi connectivity index (χ4n) is 10.9. The molecule has 0 unspecified atom stereocenters.